The van der Waals surface area contributed by atoms with Crippen molar-refractivity contribution in [1.29, 1.82) is 0 Å². The number of benzene rings is 6. The molecule has 0 unspecified atom stereocenters. The number of phenols is 1. The minimum Gasteiger partial charge on any atom is -0.507 e. The predicted octanol–water partition coefficient (Wildman–Crippen LogP) is 10.0. The maximum atomic E-state index is 14.5. The SMILES string of the molecule is COc1cc(C)cc2c(-c3c(OS(=O)(=O)c4ccc(Br)cc4)cc(OS(=O)(=O)c4ccc(Br)cc4)c4c3C[C@@H](C)N(S(=O)(=O)c3ccc(Br)cc3)[C@@H]4C)ccc(O)c12. The number of hydrogen-bond acceptors (Lipinski definition) is 10. The van der Waals surface area contributed by atoms with E-state index in [0.29, 0.717) is 41.1 Å². The second-order valence-electron chi connectivity index (χ2n) is 13.7. The summed E-state index contributed by atoms with van der Waals surface area (Å²) in [5.74, 6) is -0.389. The molecule has 58 heavy (non-hydrogen) atoms. The summed E-state index contributed by atoms with van der Waals surface area (Å²) >= 11 is 10.0. The van der Waals surface area contributed by atoms with Crippen molar-refractivity contribution in [3.05, 3.63) is 133 Å². The summed E-state index contributed by atoms with van der Waals surface area (Å²) in [7, 11) is -12.0. The number of methoxy groups -OCH3 is 1. The van der Waals surface area contributed by atoms with Crippen molar-refractivity contribution in [2.45, 2.75) is 54.0 Å². The van der Waals surface area contributed by atoms with Gasteiger partial charge in [0.15, 0.2) is 11.5 Å². The van der Waals surface area contributed by atoms with Gasteiger partial charge in [0.05, 0.1) is 23.4 Å². The fourth-order valence-corrected chi connectivity index (χ4v) is 11.8. The highest BCUT2D eigenvalue weighted by Gasteiger charge is 2.43. The van der Waals surface area contributed by atoms with Crippen molar-refractivity contribution < 1.29 is 43.5 Å². The molecule has 6 aromatic rings. The molecule has 17 heteroatoms. The van der Waals surface area contributed by atoms with Crippen LogP contribution in [0.25, 0.3) is 21.9 Å². The maximum absolute atomic E-state index is 14.5. The molecule has 2 atom stereocenters. The molecule has 0 fully saturated rings. The third kappa shape index (κ3) is 7.89. The van der Waals surface area contributed by atoms with Crippen molar-refractivity contribution in [3.63, 3.8) is 0 Å². The van der Waals surface area contributed by atoms with E-state index in [1.807, 2.05) is 6.92 Å². The van der Waals surface area contributed by atoms with Crippen LogP contribution < -0.4 is 13.1 Å². The molecular formula is C41H34Br3NO10S3. The third-order valence-electron chi connectivity index (χ3n) is 9.82. The molecule has 0 amide bonds. The lowest BCUT2D eigenvalue weighted by atomic mass is 9.83. The van der Waals surface area contributed by atoms with Gasteiger partial charge in [-0.25, -0.2) is 8.42 Å². The summed E-state index contributed by atoms with van der Waals surface area (Å²) in [6, 6.07) is 23.6. The van der Waals surface area contributed by atoms with Crippen molar-refractivity contribution in [2.75, 3.05) is 7.11 Å². The Bertz CT molecular complexity index is 2930. The Kier molecular flexibility index (Phi) is 11.6. The summed E-state index contributed by atoms with van der Waals surface area (Å²) in [5, 5.41) is 12.0. The zero-order valence-electron chi connectivity index (χ0n) is 31.1. The van der Waals surface area contributed by atoms with Gasteiger partial charge in [0.1, 0.15) is 21.3 Å². The average Bonchev–Trinajstić information content (AvgIpc) is 3.15. The molecular weight excluding hydrogens is 1000 g/mol. The lowest BCUT2D eigenvalue weighted by molar-refractivity contribution is 0.253. The van der Waals surface area contributed by atoms with Crippen LogP contribution >= 0.6 is 47.8 Å². The van der Waals surface area contributed by atoms with Gasteiger partial charge in [-0.15, -0.1) is 0 Å². The average molecular weight is 1040 g/mol. The number of phenolic OH excluding ortho intramolecular Hbond substituents is 1. The van der Waals surface area contributed by atoms with E-state index >= 15 is 0 Å². The molecule has 1 heterocycles. The van der Waals surface area contributed by atoms with Crippen molar-refractivity contribution in [3.8, 4) is 34.1 Å². The molecule has 0 bridgehead atoms. The van der Waals surface area contributed by atoms with Gasteiger partial charge in [-0.3, -0.25) is 0 Å². The first-order chi connectivity index (χ1) is 27.3. The van der Waals surface area contributed by atoms with Gasteiger partial charge < -0.3 is 18.2 Å². The number of aromatic hydroxyl groups is 1. The summed E-state index contributed by atoms with van der Waals surface area (Å²) in [5.41, 5.74) is 1.92. The van der Waals surface area contributed by atoms with Gasteiger partial charge in [0.25, 0.3) is 0 Å². The monoisotopic (exact) mass is 1030 g/mol. The van der Waals surface area contributed by atoms with Crippen LogP contribution in [0.3, 0.4) is 0 Å². The summed E-state index contributed by atoms with van der Waals surface area (Å²) in [6.45, 7) is 5.17. The Balaban J connectivity index is 1.57. The number of halogens is 3. The van der Waals surface area contributed by atoms with E-state index in [4.69, 9.17) is 13.1 Å². The normalized spacial score (nSPS) is 16.2. The van der Waals surface area contributed by atoms with Crippen LogP contribution in [0.5, 0.6) is 23.0 Å². The van der Waals surface area contributed by atoms with E-state index in [-0.39, 0.29) is 49.5 Å². The molecule has 7 rings (SSSR count). The minimum absolute atomic E-state index is 0.00988. The van der Waals surface area contributed by atoms with Gasteiger partial charge >= 0.3 is 20.2 Å². The van der Waals surface area contributed by atoms with Crippen LogP contribution in [0.1, 0.15) is 36.6 Å². The van der Waals surface area contributed by atoms with Gasteiger partial charge in [0.2, 0.25) is 10.0 Å². The molecule has 1 N–H and O–H groups in total. The summed E-state index contributed by atoms with van der Waals surface area (Å²) in [4.78, 5) is -0.386. The highest BCUT2D eigenvalue weighted by molar-refractivity contribution is 9.11. The Hall–Kier alpha value is -3.97. The molecule has 1 aliphatic rings. The van der Waals surface area contributed by atoms with Gasteiger partial charge in [-0.2, -0.15) is 21.1 Å². The van der Waals surface area contributed by atoms with Crippen LogP contribution in [0.2, 0.25) is 0 Å². The molecule has 0 radical (unpaired) electrons. The molecule has 0 aromatic heterocycles. The fraction of sp³-hybridized carbons (Fsp3) is 0.171. The Labute approximate surface area is 362 Å². The lowest BCUT2D eigenvalue weighted by Crippen LogP contribution is -2.45. The van der Waals surface area contributed by atoms with Crippen LogP contribution in [0, 0.1) is 6.92 Å². The molecule has 0 spiro atoms. The van der Waals surface area contributed by atoms with Crippen LogP contribution in [-0.2, 0) is 36.7 Å². The molecule has 0 saturated heterocycles. The largest absolute Gasteiger partial charge is 0.507 e. The first-order valence-corrected chi connectivity index (χ1v) is 24.2. The summed E-state index contributed by atoms with van der Waals surface area (Å²) in [6.07, 6.45) is -0.0414. The number of hydrogen-bond donors (Lipinski definition) is 1. The van der Waals surface area contributed by atoms with Gasteiger partial charge in [0, 0.05) is 36.7 Å². The second kappa shape index (κ2) is 15.9. The smallest absolute Gasteiger partial charge is 0.339 e. The first kappa shape index (κ1) is 42.2. The lowest BCUT2D eigenvalue weighted by Gasteiger charge is -2.41. The first-order valence-electron chi connectivity index (χ1n) is 17.5. The number of rotatable bonds is 10. The highest BCUT2D eigenvalue weighted by atomic mass is 79.9. The highest BCUT2D eigenvalue weighted by Crippen LogP contribution is 2.52. The van der Waals surface area contributed by atoms with Crippen molar-refractivity contribution in [1.82, 2.24) is 4.31 Å². The van der Waals surface area contributed by atoms with E-state index < -0.39 is 42.3 Å². The topological polar surface area (TPSA) is 154 Å². The van der Waals surface area contributed by atoms with Crippen LogP contribution in [-0.4, -0.2) is 47.8 Å². The molecule has 0 aliphatic carbocycles. The fourth-order valence-electron chi connectivity index (χ4n) is 7.35. The molecule has 1 aliphatic heterocycles. The molecule has 6 aromatic carbocycles. The van der Waals surface area contributed by atoms with Gasteiger partial charge in [-0.1, -0.05) is 53.9 Å². The molecule has 302 valence electrons. The Morgan fingerprint density at radius 1 is 0.655 bits per heavy atom. The van der Waals surface area contributed by atoms with E-state index in [1.165, 1.54) is 84.2 Å². The quantitative estimate of drug-likeness (QED) is 0.131. The van der Waals surface area contributed by atoms with Crippen LogP contribution in [0.15, 0.2) is 131 Å². The zero-order valence-corrected chi connectivity index (χ0v) is 38.3. The minimum atomic E-state index is -4.61. The van der Waals surface area contributed by atoms with E-state index in [9.17, 15) is 30.4 Å². The number of sulfonamides is 1. The second-order valence-corrected chi connectivity index (χ2v) is 21.3. The predicted molar refractivity (Wildman–Crippen MR) is 231 cm³/mol. The maximum Gasteiger partial charge on any atom is 0.339 e. The molecule has 11 nitrogen and oxygen atoms in total. The van der Waals surface area contributed by atoms with E-state index in [1.54, 1.807) is 44.2 Å². The third-order valence-corrected chi connectivity index (χ3v) is 16.0. The number of fused-ring (bicyclic) bond motifs is 2. The number of aryl methyl sites for hydroxylation is 1. The standard InChI is InChI=1S/C41H34Br3NO10S3/c1-23-19-33-32(17-18-35(46)41(33)36(20-23)53-4)40-34-21-24(2)45(56(47,48)29-11-5-26(42)6-12-29)25(3)39(34)37(54-57(49,50)30-13-7-27(43)8-14-30)22-38(40)55-58(51,52)31-15-9-28(44)10-16-31/h5-20,22,24-25,46H,21H2,1-4H3/t24-,25-/m1/s1. The van der Waals surface area contributed by atoms with Crippen molar-refractivity contribution >= 4 is 88.8 Å². The van der Waals surface area contributed by atoms with E-state index in [0.717, 1.165) is 5.56 Å². The molecule has 0 saturated carbocycles. The number of nitrogens with zero attached hydrogens (tertiary/aromatic N) is 1. The van der Waals surface area contributed by atoms with Gasteiger partial charge in [-0.05, 0) is 140 Å². The van der Waals surface area contributed by atoms with E-state index in [2.05, 4.69) is 47.8 Å². The van der Waals surface area contributed by atoms with Crippen LogP contribution in [0.4, 0.5) is 0 Å². The number of ether oxygens (including phenoxy) is 1. The zero-order chi connectivity index (χ0) is 41.9. The summed E-state index contributed by atoms with van der Waals surface area (Å²) < 4.78 is 106. The van der Waals surface area contributed by atoms with Crippen molar-refractivity contribution in [2.24, 2.45) is 0 Å². The Morgan fingerprint density at radius 2 is 1.16 bits per heavy atom. The Morgan fingerprint density at radius 3 is 1.67 bits per heavy atom.